The maximum atomic E-state index is 11.8. The van der Waals surface area contributed by atoms with Crippen molar-refractivity contribution in [3.05, 3.63) is 21.5 Å². The second-order valence-corrected chi connectivity index (χ2v) is 8.78. The first-order valence-corrected chi connectivity index (χ1v) is 10.4. The van der Waals surface area contributed by atoms with E-state index in [0.717, 1.165) is 21.5 Å². The van der Waals surface area contributed by atoms with E-state index in [0.29, 0.717) is 38.6 Å². The maximum Gasteiger partial charge on any atom is 0.518 e. The molecule has 0 aromatic rings. The topological polar surface area (TPSA) is 115 Å². The zero-order valence-electron chi connectivity index (χ0n) is 16.2. The van der Waals surface area contributed by atoms with Gasteiger partial charge in [0.2, 0.25) is 0 Å². The van der Waals surface area contributed by atoms with Gasteiger partial charge in [-0.1, -0.05) is 15.9 Å². The molecule has 0 amide bonds. The van der Waals surface area contributed by atoms with Crippen molar-refractivity contribution < 1.29 is 38.9 Å². The molecule has 29 heavy (non-hydrogen) atoms. The summed E-state index contributed by atoms with van der Waals surface area (Å²) in [7, 11) is 1.61. The van der Waals surface area contributed by atoms with Crippen LogP contribution in [0.15, 0.2) is 21.5 Å². The highest BCUT2D eigenvalue weighted by atomic mass is 79.9. The minimum Gasteiger partial charge on any atom is -0.493 e. The molecule has 2 aliphatic carbocycles. The van der Waals surface area contributed by atoms with Crippen LogP contribution in [0.1, 0.15) is 39.0 Å². The van der Waals surface area contributed by atoms with Gasteiger partial charge in [0.1, 0.15) is 12.2 Å². The summed E-state index contributed by atoms with van der Waals surface area (Å²) in [6, 6.07) is 0. The predicted molar refractivity (Wildman–Crippen MR) is 102 cm³/mol. The number of hydrogen-bond acceptors (Lipinski definition) is 8. The molecular formula is C19H24BrNO8. The van der Waals surface area contributed by atoms with Crippen molar-refractivity contribution in [2.24, 2.45) is 11.3 Å². The lowest BCUT2D eigenvalue weighted by atomic mass is 9.62. The van der Waals surface area contributed by atoms with E-state index in [2.05, 4.69) is 20.7 Å². The zero-order valence-corrected chi connectivity index (χ0v) is 17.8. The van der Waals surface area contributed by atoms with Gasteiger partial charge in [-0.3, -0.25) is 9.90 Å². The van der Waals surface area contributed by atoms with Crippen molar-refractivity contribution in [3.8, 4) is 0 Å². The van der Waals surface area contributed by atoms with Crippen molar-refractivity contribution in [2.75, 3.05) is 13.7 Å². The normalized spacial score (nSPS) is 36.1. The molecule has 4 unspecified atom stereocenters. The van der Waals surface area contributed by atoms with E-state index in [9.17, 15) is 14.7 Å². The zero-order chi connectivity index (χ0) is 20.9. The number of aliphatic hydroxyl groups excluding tert-OH is 1. The minimum absolute atomic E-state index is 0.0217. The van der Waals surface area contributed by atoms with Crippen LogP contribution < -0.4 is 0 Å². The summed E-state index contributed by atoms with van der Waals surface area (Å²) in [4.78, 5) is 28.0. The summed E-state index contributed by atoms with van der Waals surface area (Å²) in [6.45, 7) is 2.53. The van der Waals surface area contributed by atoms with Gasteiger partial charge in [-0.05, 0) is 31.8 Å². The Balaban J connectivity index is 1.74. The van der Waals surface area contributed by atoms with Crippen LogP contribution in [0.2, 0.25) is 0 Å². The number of allylic oxidation sites excluding steroid dienone is 1. The quantitative estimate of drug-likeness (QED) is 0.460. The molecule has 0 aromatic carbocycles. The van der Waals surface area contributed by atoms with Crippen molar-refractivity contribution in [1.82, 2.24) is 5.06 Å². The fourth-order valence-electron chi connectivity index (χ4n) is 5.42. The molecule has 10 heteroatoms. The molecule has 1 saturated carbocycles. The molecule has 4 rings (SSSR count). The van der Waals surface area contributed by atoms with Gasteiger partial charge in [-0.2, -0.15) is 0 Å². The first-order chi connectivity index (χ1) is 13.8. The molecule has 1 fully saturated rings. The molecule has 5 atom stereocenters. The second kappa shape index (κ2) is 7.48. The van der Waals surface area contributed by atoms with Crippen LogP contribution in [0.25, 0.3) is 0 Å². The van der Waals surface area contributed by atoms with E-state index in [1.165, 1.54) is 0 Å². The Bertz CT molecular complexity index is 795. The average Bonchev–Trinajstić information content (AvgIpc) is 2.94. The lowest BCUT2D eigenvalue weighted by molar-refractivity contribution is -0.109. The lowest BCUT2D eigenvalue weighted by Crippen LogP contribution is -2.45. The van der Waals surface area contributed by atoms with Crippen LogP contribution in [0, 0.1) is 11.3 Å². The molecule has 2 aliphatic heterocycles. The molecule has 2 N–H and O–H groups in total. The SMILES string of the molecule is CON1CC2C[C@@H](O)CC3=C2C2(CC(OC(=O)OC(=O)O)CCC2O3)C(Br)=C1C. The highest BCUT2D eigenvalue weighted by Gasteiger charge is 2.60. The highest BCUT2D eigenvalue weighted by Crippen LogP contribution is 2.63. The number of rotatable bonds is 2. The summed E-state index contributed by atoms with van der Waals surface area (Å²) in [6.07, 6.45) is -1.42. The van der Waals surface area contributed by atoms with Gasteiger partial charge < -0.3 is 24.4 Å². The van der Waals surface area contributed by atoms with Gasteiger partial charge in [-0.15, -0.1) is 0 Å². The number of carboxylic acid groups (broad SMARTS) is 1. The summed E-state index contributed by atoms with van der Waals surface area (Å²) < 4.78 is 16.7. The molecule has 1 spiro atoms. The molecule has 160 valence electrons. The van der Waals surface area contributed by atoms with Crippen LogP contribution in [0.3, 0.4) is 0 Å². The average molecular weight is 474 g/mol. The number of carbonyl (C=O) groups is 2. The Kier molecular flexibility index (Phi) is 5.28. The third-order valence-corrected chi connectivity index (χ3v) is 7.71. The maximum absolute atomic E-state index is 11.8. The summed E-state index contributed by atoms with van der Waals surface area (Å²) in [5.74, 6) is 0.837. The molecule has 0 bridgehead atoms. The Morgan fingerprint density at radius 2 is 2.10 bits per heavy atom. The molecule has 4 aliphatic rings. The fourth-order valence-corrected chi connectivity index (χ4v) is 6.25. The van der Waals surface area contributed by atoms with Gasteiger partial charge in [0.25, 0.3) is 0 Å². The Morgan fingerprint density at radius 1 is 1.34 bits per heavy atom. The van der Waals surface area contributed by atoms with Crippen LogP contribution in [-0.2, 0) is 19.0 Å². The van der Waals surface area contributed by atoms with E-state index in [1.54, 1.807) is 7.11 Å². The van der Waals surface area contributed by atoms with Crippen molar-refractivity contribution in [2.45, 2.75) is 57.3 Å². The van der Waals surface area contributed by atoms with Gasteiger partial charge in [-0.25, -0.2) is 9.59 Å². The Morgan fingerprint density at radius 3 is 2.79 bits per heavy atom. The number of aliphatic hydroxyl groups is 1. The van der Waals surface area contributed by atoms with Gasteiger partial charge >= 0.3 is 12.3 Å². The van der Waals surface area contributed by atoms with E-state index < -0.39 is 29.9 Å². The van der Waals surface area contributed by atoms with E-state index in [1.807, 2.05) is 12.0 Å². The molecule has 0 saturated heterocycles. The van der Waals surface area contributed by atoms with E-state index in [-0.39, 0.29) is 12.0 Å². The first-order valence-electron chi connectivity index (χ1n) is 9.64. The highest BCUT2D eigenvalue weighted by molar-refractivity contribution is 9.11. The smallest absolute Gasteiger partial charge is 0.493 e. The number of hydrogen-bond donors (Lipinski definition) is 2. The Hall–Kier alpha value is -1.78. The van der Waals surface area contributed by atoms with Crippen molar-refractivity contribution in [3.63, 3.8) is 0 Å². The van der Waals surface area contributed by atoms with Crippen molar-refractivity contribution >= 4 is 28.2 Å². The number of nitrogens with zero attached hydrogens (tertiary/aromatic N) is 1. The summed E-state index contributed by atoms with van der Waals surface area (Å²) >= 11 is 3.80. The molecule has 2 heterocycles. The summed E-state index contributed by atoms with van der Waals surface area (Å²) in [5.41, 5.74) is 1.47. The number of ether oxygens (including phenoxy) is 3. The van der Waals surface area contributed by atoms with Crippen LogP contribution in [0.4, 0.5) is 9.59 Å². The van der Waals surface area contributed by atoms with Gasteiger partial charge in [0, 0.05) is 28.9 Å². The number of hydroxylamine groups is 2. The largest absolute Gasteiger partial charge is 0.518 e. The molecular weight excluding hydrogens is 450 g/mol. The lowest BCUT2D eigenvalue weighted by Gasteiger charge is -2.43. The van der Waals surface area contributed by atoms with Gasteiger partial charge in [0.05, 0.1) is 30.9 Å². The predicted octanol–water partition coefficient (Wildman–Crippen LogP) is 3.28. The van der Waals surface area contributed by atoms with Crippen molar-refractivity contribution in [1.29, 1.82) is 0 Å². The third kappa shape index (κ3) is 3.30. The standard InChI is InChI=1S/C19H24BrNO8/c1-9-16(20)19-7-12(27-18(25)29-17(23)24)3-4-14(19)28-13-6-11(22)5-10(15(13)19)8-21(9)26-2/h10-12,14,22H,3-8H2,1-2H3,(H,23,24)/t10?,11-,12?,14?,19?/m1/s1. The van der Waals surface area contributed by atoms with Crippen LogP contribution in [0.5, 0.6) is 0 Å². The number of halogens is 1. The number of carbonyl (C=O) groups excluding carboxylic acids is 1. The molecule has 9 nitrogen and oxygen atoms in total. The van der Waals surface area contributed by atoms with E-state index >= 15 is 0 Å². The monoisotopic (exact) mass is 473 g/mol. The summed E-state index contributed by atoms with van der Waals surface area (Å²) in [5, 5.41) is 20.9. The van der Waals surface area contributed by atoms with Crippen LogP contribution in [-0.4, -0.2) is 59.6 Å². The second-order valence-electron chi connectivity index (χ2n) is 7.99. The molecule has 0 aromatic heterocycles. The third-order valence-electron chi connectivity index (χ3n) is 6.43. The fraction of sp³-hybridized carbons (Fsp3) is 0.684. The first kappa shape index (κ1) is 20.5. The Labute approximate surface area is 176 Å². The van der Waals surface area contributed by atoms with Gasteiger partial charge in [0.15, 0.2) is 0 Å². The van der Waals surface area contributed by atoms with Crippen LogP contribution >= 0.6 is 15.9 Å². The minimum atomic E-state index is -1.69. The molecule has 0 radical (unpaired) electrons. The van der Waals surface area contributed by atoms with E-state index in [4.69, 9.17) is 19.4 Å².